The molecule has 10 nitrogen and oxygen atoms in total. The van der Waals surface area contributed by atoms with Gasteiger partial charge in [0.2, 0.25) is 0 Å². The van der Waals surface area contributed by atoms with Gasteiger partial charge in [0.05, 0.1) is 18.4 Å². The normalized spacial score (nSPS) is 9.89. The first-order valence-corrected chi connectivity index (χ1v) is 5.11. The average molecular weight is 263 g/mol. The predicted octanol–water partition coefficient (Wildman–Crippen LogP) is -0.385. The summed E-state index contributed by atoms with van der Waals surface area (Å²) in [6, 6.07) is 2.23. The van der Waals surface area contributed by atoms with Crippen molar-refractivity contribution in [2.75, 3.05) is 5.32 Å². The van der Waals surface area contributed by atoms with Crippen LogP contribution in [0.3, 0.4) is 0 Å². The molecule has 0 atom stereocenters. The van der Waals surface area contributed by atoms with Crippen LogP contribution in [-0.2, 0) is 6.54 Å². The summed E-state index contributed by atoms with van der Waals surface area (Å²) in [6.07, 6.45) is 1.25. The second-order valence-corrected chi connectivity index (χ2v) is 3.37. The Balaban J connectivity index is 1.86. The van der Waals surface area contributed by atoms with Crippen LogP contribution in [0.2, 0.25) is 0 Å². The largest absolute Gasteiger partial charge is 0.477 e. The van der Waals surface area contributed by atoms with Crippen molar-refractivity contribution in [2.24, 2.45) is 0 Å². The second kappa shape index (κ2) is 5.53. The molecule has 2 aromatic rings. The van der Waals surface area contributed by atoms with Crippen molar-refractivity contribution in [1.29, 1.82) is 0 Å². The van der Waals surface area contributed by atoms with Crippen LogP contribution in [0, 0.1) is 0 Å². The Morgan fingerprint density at radius 1 is 1.37 bits per heavy atom. The first kappa shape index (κ1) is 12.4. The number of nitrogens with zero attached hydrogens (tertiary/aromatic N) is 4. The molecule has 2 heterocycles. The number of aromatic nitrogens is 5. The number of H-pyrrole nitrogens is 1. The van der Waals surface area contributed by atoms with Crippen molar-refractivity contribution in [3.8, 4) is 0 Å². The number of carbonyl (C=O) groups is 2. The number of amides is 2. The van der Waals surface area contributed by atoms with Crippen molar-refractivity contribution in [3.05, 3.63) is 29.8 Å². The van der Waals surface area contributed by atoms with E-state index in [1.54, 1.807) is 0 Å². The Morgan fingerprint density at radius 2 is 2.21 bits per heavy atom. The molecular weight excluding hydrogens is 254 g/mol. The van der Waals surface area contributed by atoms with Crippen LogP contribution in [0.4, 0.5) is 10.5 Å². The first-order chi connectivity index (χ1) is 9.15. The van der Waals surface area contributed by atoms with Gasteiger partial charge < -0.3 is 15.7 Å². The fourth-order valence-electron chi connectivity index (χ4n) is 1.19. The zero-order valence-corrected chi connectivity index (χ0v) is 9.49. The summed E-state index contributed by atoms with van der Waals surface area (Å²) in [6.45, 7) is 0.114. The van der Waals surface area contributed by atoms with Gasteiger partial charge in [-0.2, -0.15) is 5.21 Å². The summed E-state index contributed by atoms with van der Waals surface area (Å²) in [5, 5.41) is 26.5. The lowest BCUT2D eigenvalue weighted by atomic mass is 10.3. The number of aromatic amines is 1. The summed E-state index contributed by atoms with van der Waals surface area (Å²) in [5.41, 5.74) is 0.272. The van der Waals surface area contributed by atoms with Crippen LogP contribution in [0.15, 0.2) is 18.3 Å². The fourth-order valence-corrected chi connectivity index (χ4v) is 1.19. The van der Waals surface area contributed by atoms with Gasteiger partial charge in [0.1, 0.15) is 5.69 Å². The second-order valence-electron chi connectivity index (χ2n) is 3.37. The summed E-state index contributed by atoms with van der Waals surface area (Å²) in [7, 11) is 0. The molecule has 0 unspecified atom stereocenters. The molecule has 19 heavy (non-hydrogen) atoms. The number of carbonyl (C=O) groups excluding carboxylic acids is 1. The fraction of sp³-hybridized carbons (Fsp3) is 0.111. The van der Waals surface area contributed by atoms with Crippen LogP contribution in [0.5, 0.6) is 0 Å². The number of tetrazole rings is 1. The molecule has 0 aliphatic rings. The van der Waals surface area contributed by atoms with Crippen molar-refractivity contribution < 1.29 is 14.7 Å². The Morgan fingerprint density at radius 3 is 2.79 bits per heavy atom. The van der Waals surface area contributed by atoms with Crippen LogP contribution >= 0.6 is 0 Å². The average Bonchev–Trinajstić information content (AvgIpc) is 2.90. The highest BCUT2D eigenvalue weighted by atomic mass is 16.4. The molecule has 10 heteroatoms. The predicted molar refractivity (Wildman–Crippen MR) is 61.2 cm³/mol. The molecule has 0 saturated heterocycles. The maximum absolute atomic E-state index is 11.5. The molecule has 98 valence electrons. The topological polar surface area (TPSA) is 146 Å². The highest BCUT2D eigenvalue weighted by Gasteiger charge is 2.06. The van der Waals surface area contributed by atoms with Gasteiger partial charge in [-0.1, -0.05) is 5.21 Å². The maximum atomic E-state index is 11.5. The van der Waals surface area contributed by atoms with E-state index in [9.17, 15) is 9.59 Å². The van der Waals surface area contributed by atoms with E-state index in [1.165, 1.54) is 18.3 Å². The van der Waals surface area contributed by atoms with E-state index in [1.807, 2.05) is 0 Å². The van der Waals surface area contributed by atoms with Gasteiger partial charge in [-0.05, 0) is 12.1 Å². The molecule has 4 N–H and O–H groups in total. The van der Waals surface area contributed by atoms with Gasteiger partial charge in [-0.15, -0.1) is 10.2 Å². The zero-order valence-electron chi connectivity index (χ0n) is 9.49. The van der Waals surface area contributed by atoms with Crippen molar-refractivity contribution in [3.63, 3.8) is 0 Å². The quantitative estimate of drug-likeness (QED) is 0.587. The molecule has 0 fully saturated rings. The molecule has 0 aliphatic heterocycles. The summed E-state index contributed by atoms with van der Waals surface area (Å²) >= 11 is 0. The van der Waals surface area contributed by atoms with Gasteiger partial charge in [0.25, 0.3) is 0 Å². The first-order valence-electron chi connectivity index (χ1n) is 5.11. The van der Waals surface area contributed by atoms with E-state index in [4.69, 9.17) is 5.11 Å². The summed E-state index contributed by atoms with van der Waals surface area (Å²) in [5.74, 6) is -0.789. The van der Waals surface area contributed by atoms with Gasteiger partial charge in [0, 0.05) is 0 Å². The van der Waals surface area contributed by atoms with E-state index < -0.39 is 12.0 Å². The Hall–Kier alpha value is -3.04. The third kappa shape index (κ3) is 3.46. The lowest BCUT2D eigenvalue weighted by Crippen LogP contribution is -2.28. The lowest BCUT2D eigenvalue weighted by Gasteiger charge is -2.05. The van der Waals surface area contributed by atoms with Crippen LogP contribution in [0.25, 0.3) is 0 Å². The van der Waals surface area contributed by atoms with E-state index in [0.717, 1.165) is 0 Å². The molecule has 0 radical (unpaired) electrons. The van der Waals surface area contributed by atoms with Crippen molar-refractivity contribution >= 4 is 17.7 Å². The van der Waals surface area contributed by atoms with Crippen LogP contribution < -0.4 is 10.6 Å². The molecular formula is C9H9N7O3. The molecule has 0 aliphatic carbocycles. The van der Waals surface area contributed by atoms with E-state index in [-0.39, 0.29) is 12.2 Å². The highest BCUT2D eigenvalue weighted by molar-refractivity contribution is 5.90. The highest BCUT2D eigenvalue weighted by Crippen LogP contribution is 2.05. The number of carboxylic acids is 1. The van der Waals surface area contributed by atoms with E-state index in [0.29, 0.717) is 11.5 Å². The van der Waals surface area contributed by atoms with E-state index in [2.05, 4.69) is 36.2 Å². The third-order valence-electron chi connectivity index (χ3n) is 2.04. The SMILES string of the molecule is O=C(NCc1nn[nH]n1)Nc1ccc(C(=O)O)nc1. The number of anilines is 1. The summed E-state index contributed by atoms with van der Waals surface area (Å²) in [4.78, 5) is 25.7. The minimum Gasteiger partial charge on any atom is -0.477 e. The molecule has 0 spiro atoms. The summed E-state index contributed by atoms with van der Waals surface area (Å²) < 4.78 is 0. The van der Waals surface area contributed by atoms with E-state index >= 15 is 0 Å². The number of carboxylic acid groups (broad SMARTS) is 1. The number of hydrogen-bond acceptors (Lipinski definition) is 6. The molecule has 2 rings (SSSR count). The number of urea groups is 1. The van der Waals surface area contributed by atoms with Gasteiger partial charge >= 0.3 is 12.0 Å². The standard InChI is InChI=1S/C9H9N7O3/c17-8(18)6-2-1-5(3-10-6)12-9(19)11-4-7-13-15-16-14-7/h1-3H,4H2,(H,17,18)(H2,11,12,19)(H,13,14,15,16). The minimum atomic E-state index is -1.13. The molecule has 0 aromatic carbocycles. The number of nitrogens with one attached hydrogen (secondary N) is 3. The number of hydrogen-bond donors (Lipinski definition) is 4. The number of pyridine rings is 1. The van der Waals surface area contributed by atoms with Gasteiger partial charge in [-0.25, -0.2) is 14.6 Å². The molecule has 0 bridgehead atoms. The van der Waals surface area contributed by atoms with Gasteiger partial charge in [-0.3, -0.25) is 0 Å². The van der Waals surface area contributed by atoms with Crippen LogP contribution in [0.1, 0.15) is 16.3 Å². The van der Waals surface area contributed by atoms with Crippen LogP contribution in [-0.4, -0.2) is 42.7 Å². The minimum absolute atomic E-state index is 0.0993. The Kier molecular flexibility index (Phi) is 3.61. The zero-order chi connectivity index (χ0) is 13.7. The number of aromatic carboxylic acids is 1. The monoisotopic (exact) mass is 263 g/mol. The Labute approximate surface area is 106 Å². The lowest BCUT2D eigenvalue weighted by molar-refractivity contribution is 0.0690. The third-order valence-corrected chi connectivity index (χ3v) is 2.04. The molecule has 0 saturated carbocycles. The van der Waals surface area contributed by atoms with Crippen molar-refractivity contribution in [1.82, 2.24) is 30.9 Å². The maximum Gasteiger partial charge on any atom is 0.354 e. The molecule has 2 aromatic heterocycles. The molecule has 2 amide bonds. The number of rotatable bonds is 4. The smallest absolute Gasteiger partial charge is 0.354 e. The Bertz CT molecular complexity index is 566. The van der Waals surface area contributed by atoms with Gasteiger partial charge in [0.15, 0.2) is 5.82 Å². The van der Waals surface area contributed by atoms with Crippen molar-refractivity contribution in [2.45, 2.75) is 6.54 Å².